The minimum atomic E-state index is -0.267. The molecule has 0 aromatic heterocycles. The Labute approximate surface area is 152 Å². The summed E-state index contributed by atoms with van der Waals surface area (Å²) in [5.74, 6) is 0.969. The molecule has 0 saturated heterocycles. The second kappa shape index (κ2) is 7.47. The Balaban J connectivity index is 1.67. The van der Waals surface area contributed by atoms with Crippen LogP contribution in [0.15, 0.2) is 36.4 Å². The molecule has 0 saturated carbocycles. The summed E-state index contributed by atoms with van der Waals surface area (Å²) < 4.78 is 11.1. The molecule has 6 heteroatoms. The van der Waals surface area contributed by atoms with E-state index in [-0.39, 0.29) is 25.0 Å². The molecule has 0 unspecified atom stereocenters. The molecule has 1 aliphatic heterocycles. The molecule has 0 radical (unpaired) electrons. The van der Waals surface area contributed by atoms with Crippen LogP contribution in [0.2, 0.25) is 0 Å². The van der Waals surface area contributed by atoms with Crippen molar-refractivity contribution in [1.82, 2.24) is 0 Å². The SMILES string of the molecule is CCN1C(=O)COc2ccc(NC(=O)COc3cccc(C)c3C)cc21. The molecule has 0 atom stereocenters. The highest BCUT2D eigenvalue weighted by Gasteiger charge is 2.24. The fourth-order valence-electron chi connectivity index (χ4n) is 2.85. The molecule has 2 amide bonds. The van der Waals surface area contributed by atoms with Crippen LogP contribution < -0.4 is 19.7 Å². The summed E-state index contributed by atoms with van der Waals surface area (Å²) in [6.07, 6.45) is 0. The molecular formula is C20H22N2O4. The lowest BCUT2D eigenvalue weighted by Gasteiger charge is -2.28. The zero-order valence-corrected chi connectivity index (χ0v) is 15.2. The number of nitrogens with zero attached hydrogens (tertiary/aromatic N) is 1. The van der Waals surface area contributed by atoms with Crippen LogP contribution in [-0.2, 0) is 9.59 Å². The molecule has 3 rings (SSSR count). The standard InChI is InChI=1S/C20H22N2O4/c1-4-22-16-10-15(8-9-18(16)26-12-20(22)24)21-19(23)11-25-17-7-5-6-13(2)14(17)3/h5-10H,4,11-12H2,1-3H3,(H,21,23). The van der Waals surface area contributed by atoms with Crippen molar-refractivity contribution in [3.63, 3.8) is 0 Å². The zero-order chi connectivity index (χ0) is 18.7. The molecule has 1 N–H and O–H groups in total. The molecule has 2 aromatic rings. The summed E-state index contributed by atoms with van der Waals surface area (Å²) in [6.45, 7) is 6.35. The predicted molar refractivity (Wildman–Crippen MR) is 100 cm³/mol. The van der Waals surface area contributed by atoms with Crippen molar-refractivity contribution in [2.45, 2.75) is 20.8 Å². The number of carbonyl (C=O) groups is 2. The number of nitrogens with one attached hydrogen (secondary N) is 1. The van der Waals surface area contributed by atoms with Gasteiger partial charge in [0.05, 0.1) is 5.69 Å². The summed E-state index contributed by atoms with van der Waals surface area (Å²) in [7, 11) is 0. The highest BCUT2D eigenvalue weighted by molar-refractivity contribution is 5.99. The first-order chi connectivity index (χ1) is 12.5. The third-order valence-corrected chi connectivity index (χ3v) is 4.42. The van der Waals surface area contributed by atoms with Gasteiger partial charge in [-0.25, -0.2) is 0 Å². The van der Waals surface area contributed by atoms with Gasteiger partial charge in [-0.2, -0.15) is 0 Å². The van der Waals surface area contributed by atoms with Crippen LogP contribution in [0.4, 0.5) is 11.4 Å². The zero-order valence-electron chi connectivity index (χ0n) is 15.2. The number of ether oxygens (including phenoxy) is 2. The minimum Gasteiger partial charge on any atom is -0.483 e. The van der Waals surface area contributed by atoms with Crippen LogP contribution in [0.5, 0.6) is 11.5 Å². The summed E-state index contributed by atoms with van der Waals surface area (Å²) in [6, 6.07) is 11.0. The molecule has 136 valence electrons. The largest absolute Gasteiger partial charge is 0.483 e. The Bertz CT molecular complexity index is 848. The number of amides is 2. The van der Waals surface area contributed by atoms with Crippen LogP contribution >= 0.6 is 0 Å². The Hall–Kier alpha value is -3.02. The average molecular weight is 354 g/mol. The average Bonchev–Trinajstić information content (AvgIpc) is 2.63. The van der Waals surface area contributed by atoms with E-state index in [1.807, 2.05) is 39.0 Å². The second-order valence-corrected chi connectivity index (χ2v) is 6.14. The van der Waals surface area contributed by atoms with Crippen LogP contribution in [0.3, 0.4) is 0 Å². The minimum absolute atomic E-state index is 0.0379. The number of anilines is 2. The van der Waals surface area contributed by atoms with Gasteiger partial charge in [-0.3, -0.25) is 9.59 Å². The fraction of sp³-hybridized carbons (Fsp3) is 0.300. The van der Waals surface area contributed by atoms with Gasteiger partial charge in [0.1, 0.15) is 11.5 Å². The lowest BCUT2D eigenvalue weighted by atomic mass is 10.1. The molecule has 1 heterocycles. The molecule has 1 aliphatic rings. The molecule has 0 bridgehead atoms. The van der Waals surface area contributed by atoms with Gasteiger partial charge >= 0.3 is 0 Å². The van der Waals surface area contributed by atoms with E-state index in [0.29, 0.717) is 29.4 Å². The van der Waals surface area contributed by atoms with Crippen molar-refractivity contribution >= 4 is 23.2 Å². The first-order valence-electron chi connectivity index (χ1n) is 8.55. The van der Waals surface area contributed by atoms with E-state index in [2.05, 4.69) is 5.32 Å². The highest BCUT2D eigenvalue weighted by atomic mass is 16.5. The quantitative estimate of drug-likeness (QED) is 0.896. The number of carbonyl (C=O) groups excluding carboxylic acids is 2. The van der Waals surface area contributed by atoms with E-state index in [1.54, 1.807) is 23.1 Å². The van der Waals surface area contributed by atoms with Crippen molar-refractivity contribution in [3.8, 4) is 11.5 Å². The van der Waals surface area contributed by atoms with E-state index in [4.69, 9.17) is 9.47 Å². The smallest absolute Gasteiger partial charge is 0.265 e. The number of benzene rings is 2. The topological polar surface area (TPSA) is 67.9 Å². The van der Waals surface area contributed by atoms with Gasteiger partial charge in [-0.15, -0.1) is 0 Å². The van der Waals surface area contributed by atoms with Gasteiger partial charge < -0.3 is 19.7 Å². The van der Waals surface area contributed by atoms with Crippen LogP contribution in [-0.4, -0.2) is 31.6 Å². The van der Waals surface area contributed by atoms with Crippen LogP contribution in [0.25, 0.3) is 0 Å². The lowest BCUT2D eigenvalue weighted by molar-refractivity contribution is -0.121. The van der Waals surface area contributed by atoms with Crippen molar-refractivity contribution in [2.24, 2.45) is 0 Å². The molecule has 6 nitrogen and oxygen atoms in total. The molecule has 2 aromatic carbocycles. The number of rotatable bonds is 5. The summed E-state index contributed by atoms with van der Waals surface area (Å²) in [4.78, 5) is 25.8. The molecular weight excluding hydrogens is 332 g/mol. The van der Waals surface area contributed by atoms with E-state index in [9.17, 15) is 9.59 Å². The maximum atomic E-state index is 12.2. The molecule has 26 heavy (non-hydrogen) atoms. The van der Waals surface area contributed by atoms with Crippen LogP contribution in [0, 0.1) is 13.8 Å². The van der Waals surface area contributed by atoms with Crippen molar-refractivity contribution in [3.05, 3.63) is 47.5 Å². The van der Waals surface area contributed by atoms with Gasteiger partial charge in [-0.1, -0.05) is 12.1 Å². The van der Waals surface area contributed by atoms with Gasteiger partial charge in [0.15, 0.2) is 13.2 Å². The number of aryl methyl sites for hydroxylation is 1. The van der Waals surface area contributed by atoms with E-state index >= 15 is 0 Å². The summed E-state index contributed by atoms with van der Waals surface area (Å²) in [5.41, 5.74) is 3.39. The van der Waals surface area contributed by atoms with Gasteiger partial charge in [0.25, 0.3) is 11.8 Å². The number of likely N-dealkylation sites (N-methyl/N-ethyl adjacent to an activating group) is 1. The number of hydrogen-bond donors (Lipinski definition) is 1. The Morgan fingerprint density at radius 2 is 2.08 bits per heavy atom. The van der Waals surface area contributed by atoms with Crippen molar-refractivity contribution in [1.29, 1.82) is 0 Å². The van der Waals surface area contributed by atoms with Gasteiger partial charge in [0.2, 0.25) is 0 Å². The van der Waals surface area contributed by atoms with E-state index in [0.717, 1.165) is 11.1 Å². The second-order valence-electron chi connectivity index (χ2n) is 6.14. The first kappa shape index (κ1) is 17.8. The molecule has 0 spiro atoms. The summed E-state index contributed by atoms with van der Waals surface area (Å²) >= 11 is 0. The lowest BCUT2D eigenvalue weighted by Crippen LogP contribution is -2.38. The highest BCUT2D eigenvalue weighted by Crippen LogP contribution is 2.34. The molecule has 0 fully saturated rings. The number of fused-ring (bicyclic) bond motifs is 1. The normalized spacial score (nSPS) is 13.0. The Kier molecular flexibility index (Phi) is 5.11. The third-order valence-electron chi connectivity index (χ3n) is 4.42. The fourth-order valence-corrected chi connectivity index (χ4v) is 2.85. The molecule has 0 aliphatic carbocycles. The van der Waals surface area contributed by atoms with Gasteiger partial charge in [0, 0.05) is 12.2 Å². The summed E-state index contributed by atoms with van der Waals surface area (Å²) in [5, 5.41) is 2.80. The monoisotopic (exact) mass is 354 g/mol. The van der Waals surface area contributed by atoms with Crippen LogP contribution in [0.1, 0.15) is 18.1 Å². The Morgan fingerprint density at radius 1 is 1.27 bits per heavy atom. The van der Waals surface area contributed by atoms with Crippen molar-refractivity contribution < 1.29 is 19.1 Å². The van der Waals surface area contributed by atoms with Gasteiger partial charge in [-0.05, 0) is 56.2 Å². The Morgan fingerprint density at radius 3 is 2.85 bits per heavy atom. The first-order valence-corrected chi connectivity index (χ1v) is 8.55. The maximum Gasteiger partial charge on any atom is 0.265 e. The van der Waals surface area contributed by atoms with E-state index < -0.39 is 0 Å². The maximum absolute atomic E-state index is 12.2. The van der Waals surface area contributed by atoms with Crippen molar-refractivity contribution in [2.75, 3.05) is 30.0 Å². The predicted octanol–water partition coefficient (Wildman–Crippen LogP) is 3.07. The third kappa shape index (κ3) is 3.64. The van der Waals surface area contributed by atoms with E-state index in [1.165, 1.54) is 0 Å². The number of hydrogen-bond acceptors (Lipinski definition) is 4.